The Hall–Kier alpha value is -1.30. The Bertz CT molecular complexity index is 809. The van der Waals surface area contributed by atoms with Gasteiger partial charge in [0.05, 0.1) is 13.2 Å². The molecule has 0 aromatic heterocycles. The first kappa shape index (κ1) is 47.7. The molecule has 0 radical (unpaired) electrons. The smallest absolute Gasteiger partial charge is 0.306 e. The maximum absolute atomic E-state index is 12.7. The van der Waals surface area contributed by atoms with Gasteiger partial charge >= 0.3 is 11.9 Å². The fourth-order valence-electron chi connectivity index (χ4n) is 6.60. The van der Waals surface area contributed by atoms with Crippen LogP contribution in [-0.2, 0) is 28.5 Å². The number of esters is 2. The Morgan fingerprint density at radius 2 is 0.922 bits per heavy atom. The summed E-state index contributed by atoms with van der Waals surface area (Å²) in [4.78, 5) is 25.2. The van der Waals surface area contributed by atoms with Gasteiger partial charge in [0.1, 0.15) is 31.0 Å². The maximum atomic E-state index is 12.7. The van der Waals surface area contributed by atoms with Crippen LogP contribution in [0.25, 0.3) is 0 Å². The minimum absolute atomic E-state index is 0.209. The van der Waals surface area contributed by atoms with Crippen molar-refractivity contribution in [3.63, 3.8) is 0 Å². The van der Waals surface area contributed by atoms with E-state index < -0.39 is 49.4 Å². The van der Waals surface area contributed by atoms with Gasteiger partial charge in [0.25, 0.3) is 0 Å². The SMILES string of the molecule is CCCCCCCCCCCCCCCCCC(=O)OC[C@H](CO[C@@H]1O[C@H](CO)[C@H](O)[C@H](O)[C@H]1O)OC(=O)CCCCCCCCCCCCC. The number of hydrogen-bond acceptors (Lipinski definition) is 10. The summed E-state index contributed by atoms with van der Waals surface area (Å²) in [6, 6.07) is 0. The molecule has 0 unspecified atom stereocenters. The number of unbranched alkanes of at least 4 members (excludes halogenated alkanes) is 24. The van der Waals surface area contributed by atoms with Crippen LogP contribution in [0.5, 0.6) is 0 Å². The molecule has 0 bridgehead atoms. The number of aliphatic hydroxyl groups excluding tert-OH is 4. The zero-order valence-corrected chi connectivity index (χ0v) is 32.6. The Morgan fingerprint density at radius 1 is 0.529 bits per heavy atom. The Labute approximate surface area is 310 Å². The number of rotatable bonds is 35. The van der Waals surface area contributed by atoms with Gasteiger partial charge in [-0.1, -0.05) is 168 Å². The first-order chi connectivity index (χ1) is 24.8. The highest BCUT2D eigenvalue weighted by atomic mass is 16.7. The van der Waals surface area contributed by atoms with Crippen molar-refractivity contribution in [1.29, 1.82) is 0 Å². The topological polar surface area (TPSA) is 152 Å². The lowest BCUT2D eigenvalue weighted by Crippen LogP contribution is -2.59. The summed E-state index contributed by atoms with van der Waals surface area (Å²) in [6.45, 7) is 3.42. The summed E-state index contributed by atoms with van der Waals surface area (Å²) in [5, 5.41) is 39.9. The predicted octanol–water partition coefficient (Wildman–Crippen LogP) is 8.22. The lowest BCUT2D eigenvalue weighted by atomic mass is 9.99. The van der Waals surface area contributed by atoms with Crippen molar-refractivity contribution in [2.75, 3.05) is 19.8 Å². The molecule has 10 nitrogen and oxygen atoms in total. The molecule has 302 valence electrons. The molecule has 1 saturated heterocycles. The number of carbonyl (C=O) groups excluding carboxylic acids is 2. The van der Waals surface area contributed by atoms with Crippen LogP contribution < -0.4 is 0 Å². The normalized spacial score (nSPS) is 21.1. The zero-order chi connectivity index (χ0) is 37.4. The van der Waals surface area contributed by atoms with Crippen molar-refractivity contribution in [2.45, 2.75) is 230 Å². The van der Waals surface area contributed by atoms with E-state index in [1.54, 1.807) is 0 Å². The molecule has 0 aromatic rings. The van der Waals surface area contributed by atoms with Crippen LogP contribution in [-0.4, -0.2) is 89.0 Å². The average Bonchev–Trinajstić information content (AvgIpc) is 3.13. The van der Waals surface area contributed by atoms with Crippen LogP contribution in [0.2, 0.25) is 0 Å². The fraction of sp³-hybridized carbons (Fsp3) is 0.951. The first-order valence-electron chi connectivity index (χ1n) is 21.1. The molecule has 0 saturated carbocycles. The second-order valence-electron chi connectivity index (χ2n) is 14.8. The molecule has 51 heavy (non-hydrogen) atoms. The van der Waals surface area contributed by atoms with Crippen molar-refractivity contribution in [2.24, 2.45) is 0 Å². The van der Waals surface area contributed by atoms with Crippen molar-refractivity contribution < 1.29 is 49.0 Å². The Balaban J connectivity index is 2.33. The highest BCUT2D eigenvalue weighted by molar-refractivity contribution is 5.70. The molecule has 6 atom stereocenters. The van der Waals surface area contributed by atoms with Crippen molar-refractivity contribution in [3.8, 4) is 0 Å². The summed E-state index contributed by atoms with van der Waals surface area (Å²) in [5.41, 5.74) is 0. The standard InChI is InChI=1S/C41H78O10/c1-3-5-7-9-11-13-15-16-17-18-20-21-23-25-27-29-36(43)48-32-34(33-49-41-40(47)39(46)38(45)35(31-42)51-41)50-37(44)30-28-26-24-22-19-14-12-10-8-6-4-2/h34-35,38-42,45-47H,3-33H2,1-2H3/t34-,35-,38+,39+,40-,41-/m1/s1. The summed E-state index contributed by atoms with van der Waals surface area (Å²) in [5.74, 6) is -0.796. The molecule has 1 aliphatic rings. The van der Waals surface area contributed by atoms with Crippen LogP contribution in [0.4, 0.5) is 0 Å². The third-order valence-electron chi connectivity index (χ3n) is 9.99. The van der Waals surface area contributed by atoms with Crippen LogP contribution in [0.3, 0.4) is 0 Å². The van der Waals surface area contributed by atoms with Gasteiger partial charge in [-0.05, 0) is 12.8 Å². The van der Waals surface area contributed by atoms with Crippen LogP contribution in [0, 0.1) is 0 Å². The summed E-state index contributed by atoms with van der Waals surface area (Å²) >= 11 is 0. The largest absolute Gasteiger partial charge is 0.462 e. The molecule has 1 fully saturated rings. The second-order valence-corrected chi connectivity index (χ2v) is 14.8. The summed E-state index contributed by atoms with van der Waals surface area (Å²) in [6.07, 6.45) is 24.0. The van der Waals surface area contributed by atoms with Crippen LogP contribution in [0.1, 0.15) is 194 Å². The van der Waals surface area contributed by atoms with Crippen molar-refractivity contribution in [1.82, 2.24) is 0 Å². The lowest BCUT2D eigenvalue weighted by molar-refractivity contribution is -0.305. The van der Waals surface area contributed by atoms with Crippen LogP contribution in [0.15, 0.2) is 0 Å². The number of hydrogen-bond donors (Lipinski definition) is 4. The minimum Gasteiger partial charge on any atom is -0.462 e. The molecule has 1 aliphatic heterocycles. The summed E-state index contributed by atoms with van der Waals surface area (Å²) < 4.78 is 22.1. The molecule has 0 aliphatic carbocycles. The van der Waals surface area contributed by atoms with Gasteiger partial charge in [-0.2, -0.15) is 0 Å². The third kappa shape index (κ3) is 25.4. The van der Waals surface area contributed by atoms with E-state index in [1.807, 2.05) is 0 Å². The van der Waals surface area contributed by atoms with E-state index in [-0.39, 0.29) is 32.0 Å². The average molecular weight is 731 g/mol. The van der Waals surface area contributed by atoms with Gasteiger partial charge in [-0.15, -0.1) is 0 Å². The number of ether oxygens (including phenoxy) is 4. The Morgan fingerprint density at radius 3 is 1.33 bits per heavy atom. The van der Waals surface area contributed by atoms with E-state index in [9.17, 15) is 30.0 Å². The number of carbonyl (C=O) groups is 2. The second kappa shape index (κ2) is 33.3. The lowest BCUT2D eigenvalue weighted by Gasteiger charge is -2.39. The Kier molecular flexibility index (Phi) is 31.1. The van der Waals surface area contributed by atoms with Crippen LogP contribution >= 0.6 is 0 Å². The molecular weight excluding hydrogens is 652 g/mol. The number of aliphatic hydroxyl groups is 4. The maximum Gasteiger partial charge on any atom is 0.306 e. The molecule has 4 N–H and O–H groups in total. The van der Waals surface area contributed by atoms with E-state index in [0.29, 0.717) is 6.42 Å². The first-order valence-corrected chi connectivity index (χ1v) is 21.1. The van der Waals surface area contributed by atoms with E-state index in [4.69, 9.17) is 18.9 Å². The third-order valence-corrected chi connectivity index (χ3v) is 9.99. The molecular formula is C41H78O10. The molecule has 1 heterocycles. The van der Waals surface area contributed by atoms with Gasteiger partial charge in [-0.25, -0.2) is 0 Å². The minimum atomic E-state index is -1.59. The van der Waals surface area contributed by atoms with Gasteiger partial charge in [0, 0.05) is 12.8 Å². The van der Waals surface area contributed by atoms with Gasteiger partial charge in [0.15, 0.2) is 12.4 Å². The molecule has 10 heteroatoms. The van der Waals surface area contributed by atoms with E-state index >= 15 is 0 Å². The van der Waals surface area contributed by atoms with E-state index in [1.165, 1.54) is 122 Å². The molecule has 0 aromatic carbocycles. The quantitative estimate of drug-likeness (QED) is 0.0371. The molecule has 1 rings (SSSR count). The predicted molar refractivity (Wildman–Crippen MR) is 201 cm³/mol. The highest BCUT2D eigenvalue weighted by Crippen LogP contribution is 2.23. The van der Waals surface area contributed by atoms with E-state index in [2.05, 4.69) is 13.8 Å². The molecule has 0 spiro atoms. The van der Waals surface area contributed by atoms with Crippen molar-refractivity contribution in [3.05, 3.63) is 0 Å². The monoisotopic (exact) mass is 731 g/mol. The highest BCUT2D eigenvalue weighted by Gasteiger charge is 2.44. The van der Waals surface area contributed by atoms with Gasteiger partial charge in [-0.3, -0.25) is 9.59 Å². The van der Waals surface area contributed by atoms with Crippen molar-refractivity contribution >= 4 is 11.9 Å². The fourth-order valence-corrected chi connectivity index (χ4v) is 6.60. The summed E-state index contributed by atoms with van der Waals surface area (Å²) in [7, 11) is 0. The zero-order valence-electron chi connectivity index (χ0n) is 32.6. The van der Waals surface area contributed by atoms with Gasteiger partial charge < -0.3 is 39.4 Å². The van der Waals surface area contributed by atoms with Gasteiger partial charge in [0.2, 0.25) is 0 Å². The van der Waals surface area contributed by atoms with E-state index in [0.717, 1.165) is 38.5 Å². The molecule has 0 amide bonds.